The van der Waals surface area contributed by atoms with Crippen molar-refractivity contribution in [1.82, 2.24) is 0 Å². The van der Waals surface area contributed by atoms with Crippen LogP contribution in [0.3, 0.4) is 0 Å². The maximum Gasteiger partial charge on any atom is 0.334 e. The van der Waals surface area contributed by atoms with Crippen LogP contribution in [-0.2, 0) is 6.54 Å². The van der Waals surface area contributed by atoms with Gasteiger partial charge in [0.1, 0.15) is 11.2 Å². The SMILES string of the molecule is CCCCCCCCOc1cc2c(cc1N=N)sc(NCCCC)[n+]2CCCC. The summed E-state index contributed by atoms with van der Waals surface area (Å²) in [5.74, 6) is 0.740. The Labute approximate surface area is 180 Å². The maximum atomic E-state index is 7.59. The summed E-state index contributed by atoms with van der Waals surface area (Å²) in [4.78, 5) is 0. The van der Waals surface area contributed by atoms with Gasteiger partial charge in [0.05, 0.1) is 24.4 Å². The van der Waals surface area contributed by atoms with E-state index in [0.717, 1.165) is 36.4 Å². The lowest BCUT2D eigenvalue weighted by Gasteiger charge is -2.09. The van der Waals surface area contributed by atoms with E-state index in [0.29, 0.717) is 12.3 Å². The van der Waals surface area contributed by atoms with Crippen molar-refractivity contribution in [1.29, 1.82) is 5.53 Å². The number of rotatable bonds is 16. The Morgan fingerprint density at radius 1 is 0.966 bits per heavy atom. The fourth-order valence-corrected chi connectivity index (χ4v) is 4.54. The van der Waals surface area contributed by atoms with E-state index in [9.17, 15) is 0 Å². The fraction of sp³-hybridized carbons (Fsp3) is 0.696. The minimum atomic E-state index is 0.632. The number of anilines is 1. The lowest BCUT2D eigenvalue weighted by Crippen LogP contribution is -2.35. The zero-order valence-corrected chi connectivity index (χ0v) is 19.4. The number of unbranched alkanes of at least 4 members (excludes halogenated alkanes) is 7. The molecule has 0 amide bonds. The Morgan fingerprint density at radius 2 is 1.69 bits per heavy atom. The molecule has 6 heteroatoms. The fourth-order valence-electron chi connectivity index (χ4n) is 3.41. The minimum Gasteiger partial charge on any atom is -0.491 e. The molecule has 0 saturated carbocycles. The van der Waals surface area contributed by atoms with E-state index >= 15 is 0 Å². The molecule has 0 unspecified atom stereocenters. The van der Waals surface area contributed by atoms with Crippen LogP contribution < -0.4 is 14.6 Å². The monoisotopic (exact) mass is 419 g/mol. The van der Waals surface area contributed by atoms with Crippen molar-refractivity contribution >= 4 is 32.4 Å². The molecule has 0 bridgehead atoms. The quantitative estimate of drug-likeness (QED) is 0.167. The molecule has 5 nitrogen and oxygen atoms in total. The van der Waals surface area contributed by atoms with Gasteiger partial charge in [-0.3, -0.25) is 5.32 Å². The van der Waals surface area contributed by atoms with Gasteiger partial charge in [-0.2, -0.15) is 5.11 Å². The minimum absolute atomic E-state index is 0.632. The molecule has 0 radical (unpaired) electrons. The van der Waals surface area contributed by atoms with Crippen LogP contribution in [0.2, 0.25) is 0 Å². The highest BCUT2D eigenvalue weighted by Gasteiger charge is 2.20. The molecule has 0 aliphatic rings. The van der Waals surface area contributed by atoms with Gasteiger partial charge in [0.15, 0.2) is 5.75 Å². The second kappa shape index (κ2) is 13.5. The number of aromatic nitrogens is 1. The molecule has 0 aliphatic heterocycles. The first-order valence-electron chi connectivity index (χ1n) is 11.5. The van der Waals surface area contributed by atoms with Crippen molar-refractivity contribution in [2.24, 2.45) is 5.11 Å². The normalized spacial score (nSPS) is 11.1. The van der Waals surface area contributed by atoms with Gasteiger partial charge in [0.2, 0.25) is 0 Å². The van der Waals surface area contributed by atoms with E-state index in [-0.39, 0.29) is 0 Å². The van der Waals surface area contributed by atoms with E-state index in [1.807, 2.05) is 6.07 Å². The standard InChI is InChI=1S/C23H38N4OS/c1-4-7-10-11-12-13-16-28-21-18-20-22(17-19(21)26-24)29-23(25-14-8-5-2)27(20)15-9-6-3/h17-18,24H,4-16H2,1-3H3/p+1. The summed E-state index contributed by atoms with van der Waals surface area (Å²) in [7, 11) is 0. The average molecular weight is 420 g/mol. The molecule has 1 aromatic carbocycles. The molecule has 0 saturated heterocycles. The summed E-state index contributed by atoms with van der Waals surface area (Å²) in [6.07, 6.45) is 12.1. The summed E-state index contributed by atoms with van der Waals surface area (Å²) >= 11 is 1.76. The van der Waals surface area contributed by atoms with Gasteiger partial charge >= 0.3 is 5.13 Å². The Morgan fingerprint density at radius 3 is 2.41 bits per heavy atom. The first-order valence-corrected chi connectivity index (χ1v) is 12.3. The first-order chi connectivity index (χ1) is 14.2. The molecule has 2 aromatic rings. The topological polar surface area (TPSA) is 61.4 Å². The molecule has 0 fully saturated rings. The molecular weight excluding hydrogens is 380 g/mol. The maximum absolute atomic E-state index is 7.59. The predicted octanol–water partition coefficient (Wildman–Crippen LogP) is 7.60. The van der Waals surface area contributed by atoms with Crippen LogP contribution in [0, 0.1) is 5.53 Å². The Balaban J connectivity index is 2.14. The lowest BCUT2D eigenvalue weighted by atomic mass is 10.1. The van der Waals surface area contributed by atoms with Crippen molar-refractivity contribution in [2.45, 2.75) is 91.5 Å². The largest absolute Gasteiger partial charge is 0.491 e. The molecule has 2 rings (SSSR count). The number of hydrogen-bond donors (Lipinski definition) is 2. The van der Waals surface area contributed by atoms with E-state index in [1.54, 1.807) is 11.3 Å². The zero-order chi connectivity index (χ0) is 20.9. The number of aryl methyl sites for hydroxylation is 1. The molecule has 0 spiro atoms. The van der Waals surface area contributed by atoms with Crippen LogP contribution in [0.25, 0.3) is 10.2 Å². The van der Waals surface area contributed by atoms with Gasteiger partial charge in [-0.1, -0.05) is 65.7 Å². The van der Waals surface area contributed by atoms with Crippen molar-refractivity contribution in [2.75, 3.05) is 18.5 Å². The second-order valence-electron chi connectivity index (χ2n) is 7.71. The van der Waals surface area contributed by atoms with Crippen molar-refractivity contribution in [3.05, 3.63) is 12.1 Å². The van der Waals surface area contributed by atoms with E-state index in [2.05, 4.69) is 41.8 Å². The number of nitrogens with one attached hydrogen (secondary N) is 2. The molecule has 2 N–H and O–H groups in total. The van der Waals surface area contributed by atoms with Gasteiger partial charge in [-0.15, -0.1) is 0 Å². The van der Waals surface area contributed by atoms with Crippen LogP contribution in [0.4, 0.5) is 10.8 Å². The second-order valence-corrected chi connectivity index (χ2v) is 8.74. The van der Waals surface area contributed by atoms with Crippen molar-refractivity contribution in [3.63, 3.8) is 0 Å². The van der Waals surface area contributed by atoms with Crippen molar-refractivity contribution in [3.8, 4) is 5.75 Å². The summed E-state index contributed by atoms with van der Waals surface area (Å²) < 4.78 is 9.61. The number of ether oxygens (including phenoxy) is 1. The number of fused-ring (bicyclic) bond motifs is 1. The number of thiazole rings is 1. The van der Waals surface area contributed by atoms with Gasteiger partial charge in [0.25, 0.3) is 0 Å². The van der Waals surface area contributed by atoms with E-state index in [4.69, 9.17) is 10.3 Å². The van der Waals surface area contributed by atoms with Crippen LogP contribution in [-0.4, -0.2) is 13.2 Å². The molecule has 0 atom stereocenters. The Hall–Kier alpha value is -1.69. The molecule has 29 heavy (non-hydrogen) atoms. The van der Waals surface area contributed by atoms with E-state index < -0.39 is 0 Å². The van der Waals surface area contributed by atoms with Crippen LogP contribution in [0.1, 0.15) is 85.0 Å². The van der Waals surface area contributed by atoms with Crippen molar-refractivity contribution < 1.29 is 9.30 Å². The van der Waals surface area contributed by atoms with Gasteiger partial charge < -0.3 is 4.74 Å². The summed E-state index contributed by atoms with van der Waals surface area (Å²) in [5, 5.41) is 8.55. The number of hydrogen-bond acceptors (Lipinski definition) is 5. The zero-order valence-electron chi connectivity index (χ0n) is 18.6. The molecule has 1 heterocycles. The highest BCUT2D eigenvalue weighted by atomic mass is 32.1. The van der Waals surface area contributed by atoms with Gasteiger partial charge in [0, 0.05) is 6.07 Å². The van der Waals surface area contributed by atoms with E-state index in [1.165, 1.54) is 62.0 Å². The predicted molar refractivity (Wildman–Crippen MR) is 124 cm³/mol. The Kier molecular flexibility index (Phi) is 11.0. The highest BCUT2D eigenvalue weighted by molar-refractivity contribution is 7.21. The van der Waals surface area contributed by atoms with Gasteiger partial charge in [-0.05, 0) is 36.7 Å². The summed E-state index contributed by atoms with van der Waals surface area (Å²) in [5.41, 5.74) is 9.41. The number of nitrogens with zero attached hydrogens (tertiary/aromatic N) is 2. The first kappa shape index (κ1) is 23.6. The molecule has 0 aliphatic carbocycles. The third kappa shape index (κ3) is 7.25. The molecule has 1 aromatic heterocycles. The lowest BCUT2D eigenvalue weighted by molar-refractivity contribution is -0.654. The Bertz CT molecular complexity index is 744. The smallest absolute Gasteiger partial charge is 0.334 e. The molecular formula is C23H39N4OS+. The summed E-state index contributed by atoms with van der Waals surface area (Å²) in [6, 6.07) is 4.11. The van der Waals surface area contributed by atoms with Crippen LogP contribution in [0.5, 0.6) is 5.75 Å². The van der Waals surface area contributed by atoms with Crippen LogP contribution in [0.15, 0.2) is 17.2 Å². The third-order valence-electron chi connectivity index (χ3n) is 5.20. The summed E-state index contributed by atoms with van der Waals surface area (Å²) in [6.45, 7) is 9.37. The van der Waals surface area contributed by atoms with Gasteiger partial charge in [-0.25, -0.2) is 10.1 Å². The van der Waals surface area contributed by atoms with Crippen LogP contribution >= 0.6 is 11.3 Å². The highest BCUT2D eigenvalue weighted by Crippen LogP contribution is 2.36. The average Bonchev–Trinajstić information content (AvgIpc) is 3.07. The third-order valence-corrected chi connectivity index (χ3v) is 6.31. The molecule has 162 valence electrons. The number of benzene rings is 1.